The van der Waals surface area contributed by atoms with Crippen LogP contribution in [-0.4, -0.2) is 35.2 Å². The molecule has 0 bridgehead atoms. The highest BCUT2D eigenvalue weighted by Gasteiger charge is 2.23. The summed E-state index contributed by atoms with van der Waals surface area (Å²) in [5.41, 5.74) is 0.300. The Morgan fingerprint density at radius 3 is 2.35 bits per heavy atom. The van der Waals surface area contributed by atoms with Gasteiger partial charge in [-0.3, -0.25) is 4.79 Å². The molecule has 0 aliphatic heterocycles. The minimum atomic E-state index is -1.32. The number of carboxylic acids is 1. The van der Waals surface area contributed by atoms with Gasteiger partial charge in [-0.1, -0.05) is 30.3 Å². The van der Waals surface area contributed by atoms with Gasteiger partial charge in [-0.05, 0) is 0 Å². The van der Waals surface area contributed by atoms with Crippen molar-refractivity contribution in [3.63, 3.8) is 0 Å². The molecule has 6 nitrogen and oxygen atoms in total. The Labute approximate surface area is 114 Å². The van der Waals surface area contributed by atoms with Crippen molar-refractivity contribution >= 4 is 24.0 Å². The van der Waals surface area contributed by atoms with Crippen molar-refractivity contribution < 1.29 is 29.0 Å². The standard InChI is InChI=1S/C14H12O6/c15-9-8-11(20-13(18)7-6-12(16)17)14(19)10-4-2-1-3-5-10/h1-7,9,11H,8H2,(H,16,17)/b7-6+. The molecule has 1 N–H and O–H groups in total. The first-order valence-electron chi connectivity index (χ1n) is 5.69. The van der Waals surface area contributed by atoms with E-state index in [9.17, 15) is 19.2 Å². The molecule has 1 aromatic carbocycles. The highest BCUT2D eigenvalue weighted by Crippen LogP contribution is 2.09. The molecule has 0 spiro atoms. The number of carbonyl (C=O) groups excluding carboxylic acids is 3. The molecule has 1 aromatic rings. The molecular formula is C14H12O6. The lowest BCUT2D eigenvalue weighted by Crippen LogP contribution is -2.27. The maximum Gasteiger partial charge on any atom is 0.331 e. The third-order valence-electron chi connectivity index (χ3n) is 2.28. The van der Waals surface area contributed by atoms with Gasteiger partial charge in [0.05, 0.1) is 0 Å². The summed E-state index contributed by atoms with van der Waals surface area (Å²) < 4.78 is 4.79. The third-order valence-corrected chi connectivity index (χ3v) is 2.28. The minimum Gasteiger partial charge on any atom is -0.478 e. The molecule has 20 heavy (non-hydrogen) atoms. The summed E-state index contributed by atoms with van der Waals surface area (Å²) in [6.45, 7) is 0. The maximum absolute atomic E-state index is 12.0. The van der Waals surface area contributed by atoms with Gasteiger partial charge in [0, 0.05) is 24.1 Å². The minimum absolute atomic E-state index is 0.291. The third kappa shape index (κ3) is 4.85. The Bertz CT molecular complexity index is 532. The normalized spacial score (nSPS) is 11.8. The van der Waals surface area contributed by atoms with Gasteiger partial charge in [-0.25, -0.2) is 9.59 Å². The fourth-order valence-electron chi connectivity index (χ4n) is 1.40. The summed E-state index contributed by atoms with van der Waals surface area (Å²) in [7, 11) is 0. The molecular weight excluding hydrogens is 264 g/mol. The largest absolute Gasteiger partial charge is 0.478 e. The lowest BCUT2D eigenvalue weighted by atomic mass is 10.0. The van der Waals surface area contributed by atoms with Crippen molar-refractivity contribution in [3.8, 4) is 0 Å². The highest BCUT2D eigenvalue weighted by molar-refractivity contribution is 6.02. The Morgan fingerprint density at radius 1 is 1.15 bits per heavy atom. The number of benzene rings is 1. The molecule has 1 atom stereocenters. The molecule has 0 aliphatic rings. The fourth-order valence-corrected chi connectivity index (χ4v) is 1.40. The van der Waals surface area contributed by atoms with E-state index in [0.717, 1.165) is 0 Å². The number of ketones is 1. The van der Waals surface area contributed by atoms with E-state index < -0.39 is 23.8 Å². The van der Waals surface area contributed by atoms with Crippen molar-refractivity contribution in [1.29, 1.82) is 0 Å². The summed E-state index contributed by atoms with van der Waals surface area (Å²) in [5, 5.41) is 8.37. The smallest absolute Gasteiger partial charge is 0.331 e. The predicted octanol–water partition coefficient (Wildman–Crippen LogP) is 1.01. The number of aldehydes is 1. The monoisotopic (exact) mass is 276 g/mol. The van der Waals surface area contributed by atoms with E-state index in [4.69, 9.17) is 9.84 Å². The first-order valence-corrected chi connectivity index (χ1v) is 5.69. The number of rotatable bonds is 7. The second-order valence-corrected chi connectivity index (χ2v) is 3.73. The molecule has 0 saturated heterocycles. The second kappa shape index (κ2) is 7.63. The first-order chi connectivity index (χ1) is 9.54. The second-order valence-electron chi connectivity index (χ2n) is 3.73. The van der Waals surface area contributed by atoms with Crippen LogP contribution in [0.1, 0.15) is 16.8 Å². The van der Waals surface area contributed by atoms with E-state index in [-0.39, 0.29) is 6.42 Å². The molecule has 0 fully saturated rings. The van der Waals surface area contributed by atoms with Crippen LogP contribution in [0.2, 0.25) is 0 Å². The number of Topliss-reactive ketones (excluding diaryl/α,β-unsaturated/α-hetero) is 1. The van der Waals surface area contributed by atoms with E-state index in [0.29, 0.717) is 24.0 Å². The highest BCUT2D eigenvalue weighted by atomic mass is 16.5. The maximum atomic E-state index is 12.0. The van der Waals surface area contributed by atoms with Crippen LogP contribution in [0, 0.1) is 0 Å². The van der Waals surface area contributed by atoms with Crippen LogP contribution in [0.3, 0.4) is 0 Å². The number of carboxylic acid groups (broad SMARTS) is 1. The number of aliphatic carboxylic acids is 1. The lowest BCUT2D eigenvalue weighted by Gasteiger charge is -2.13. The van der Waals surface area contributed by atoms with Crippen molar-refractivity contribution in [1.82, 2.24) is 0 Å². The van der Waals surface area contributed by atoms with E-state index in [1.807, 2.05) is 0 Å². The summed E-state index contributed by atoms with van der Waals surface area (Å²) >= 11 is 0. The average molecular weight is 276 g/mol. The van der Waals surface area contributed by atoms with Crippen LogP contribution in [0.4, 0.5) is 0 Å². The van der Waals surface area contributed by atoms with Gasteiger partial charge in [-0.2, -0.15) is 0 Å². The molecule has 104 valence electrons. The topological polar surface area (TPSA) is 97.7 Å². The molecule has 0 aromatic heterocycles. The van der Waals surface area contributed by atoms with Crippen molar-refractivity contribution in [2.75, 3.05) is 0 Å². The van der Waals surface area contributed by atoms with Crippen LogP contribution in [0.25, 0.3) is 0 Å². The molecule has 0 amide bonds. The number of ether oxygens (including phenoxy) is 1. The first kappa shape index (κ1) is 15.3. The van der Waals surface area contributed by atoms with Gasteiger partial charge in [0.2, 0.25) is 5.78 Å². The molecule has 6 heteroatoms. The van der Waals surface area contributed by atoms with Gasteiger partial charge < -0.3 is 14.6 Å². The zero-order chi connectivity index (χ0) is 15.0. The van der Waals surface area contributed by atoms with Crippen molar-refractivity contribution in [2.24, 2.45) is 0 Å². The summed E-state index contributed by atoms with van der Waals surface area (Å²) in [6.07, 6.45) is 0.173. The number of hydrogen-bond donors (Lipinski definition) is 1. The average Bonchev–Trinajstić information content (AvgIpc) is 2.45. The Balaban J connectivity index is 2.79. The molecule has 0 saturated carbocycles. The van der Waals surface area contributed by atoms with E-state index in [1.165, 1.54) is 12.1 Å². The summed E-state index contributed by atoms with van der Waals surface area (Å²) in [6, 6.07) is 8.05. The van der Waals surface area contributed by atoms with Crippen LogP contribution >= 0.6 is 0 Å². The zero-order valence-corrected chi connectivity index (χ0v) is 10.4. The molecule has 0 radical (unpaired) electrons. The fraction of sp³-hybridized carbons (Fsp3) is 0.143. The lowest BCUT2D eigenvalue weighted by molar-refractivity contribution is -0.142. The van der Waals surface area contributed by atoms with Crippen LogP contribution in [0.15, 0.2) is 42.5 Å². The summed E-state index contributed by atoms with van der Waals surface area (Å²) in [4.78, 5) is 44.2. The van der Waals surface area contributed by atoms with Crippen molar-refractivity contribution in [3.05, 3.63) is 48.0 Å². The predicted molar refractivity (Wildman–Crippen MR) is 68.1 cm³/mol. The Kier molecular flexibility index (Phi) is 5.83. The van der Waals surface area contributed by atoms with Crippen LogP contribution in [-0.2, 0) is 19.1 Å². The van der Waals surface area contributed by atoms with Gasteiger partial charge in [-0.15, -0.1) is 0 Å². The van der Waals surface area contributed by atoms with Crippen LogP contribution in [0.5, 0.6) is 0 Å². The Morgan fingerprint density at radius 2 is 1.80 bits per heavy atom. The van der Waals surface area contributed by atoms with E-state index in [1.54, 1.807) is 18.2 Å². The quantitative estimate of drug-likeness (QED) is 0.345. The van der Waals surface area contributed by atoms with Gasteiger partial charge in [0.15, 0.2) is 6.10 Å². The number of esters is 1. The van der Waals surface area contributed by atoms with Gasteiger partial charge in [0.1, 0.15) is 6.29 Å². The van der Waals surface area contributed by atoms with E-state index >= 15 is 0 Å². The molecule has 1 rings (SSSR count). The SMILES string of the molecule is O=CCC(OC(=O)/C=C/C(=O)O)C(=O)c1ccccc1. The van der Waals surface area contributed by atoms with E-state index in [2.05, 4.69) is 0 Å². The summed E-state index contributed by atoms with van der Waals surface area (Å²) in [5.74, 6) is -2.83. The van der Waals surface area contributed by atoms with Gasteiger partial charge in [0.25, 0.3) is 0 Å². The molecule has 1 unspecified atom stereocenters. The van der Waals surface area contributed by atoms with Crippen molar-refractivity contribution in [2.45, 2.75) is 12.5 Å². The Hall–Kier alpha value is -2.76. The number of hydrogen-bond acceptors (Lipinski definition) is 5. The van der Waals surface area contributed by atoms with Crippen LogP contribution < -0.4 is 0 Å². The molecule has 0 aliphatic carbocycles. The van der Waals surface area contributed by atoms with Gasteiger partial charge >= 0.3 is 11.9 Å². The molecule has 0 heterocycles. The zero-order valence-electron chi connectivity index (χ0n) is 10.4. The number of carbonyl (C=O) groups is 4.